The summed E-state index contributed by atoms with van der Waals surface area (Å²) in [4.78, 5) is 12.7. The summed E-state index contributed by atoms with van der Waals surface area (Å²) >= 11 is 1.62. The molecule has 1 nitrogen and oxygen atoms in total. The van der Waals surface area contributed by atoms with Gasteiger partial charge in [-0.1, -0.05) is 48.6 Å². The lowest BCUT2D eigenvalue weighted by atomic mass is 10.0. The second-order valence-corrected chi connectivity index (χ2v) is 4.85. The molecule has 0 aliphatic heterocycles. The summed E-state index contributed by atoms with van der Waals surface area (Å²) in [6.45, 7) is 1.64. The number of carbonyl (C=O) groups is 1. The minimum absolute atomic E-state index is 0.116. The highest BCUT2D eigenvalue weighted by molar-refractivity contribution is 7.10. The molecule has 0 fully saturated rings. The van der Waals surface area contributed by atoms with E-state index in [2.05, 4.69) is 0 Å². The number of allylic oxidation sites excluding steroid dienone is 1. The molecule has 1 aromatic heterocycles. The third-order valence-corrected chi connectivity index (χ3v) is 3.52. The number of Topliss-reactive ketones (excluding diaryl/α,β-unsaturated/α-hetero) is 1. The average Bonchev–Trinajstić information content (AvgIpc) is 2.84. The van der Waals surface area contributed by atoms with Crippen molar-refractivity contribution in [2.45, 2.75) is 12.8 Å². The van der Waals surface area contributed by atoms with Crippen LogP contribution in [0.4, 0.5) is 0 Å². The van der Waals surface area contributed by atoms with Gasteiger partial charge in [-0.3, -0.25) is 4.79 Å². The molecule has 1 heterocycles. The lowest BCUT2D eigenvalue weighted by Gasteiger charge is -2.05. The van der Waals surface area contributed by atoms with E-state index in [4.69, 9.17) is 0 Å². The first kappa shape index (κ1) is 11.8. The Balaban J connectivity index is 2.20. The van der Waals surface area contributed by atoms with Gasteiger partial charge in [0.2, 0.25) is 0 Å². The number of rotatable bonds is 4. The van der Waals surface area contributed by atoms with Crippen molar-refractivity contribution in [2.75, 3.05) is 0 Å². The van der Waals surface area contributed by atoms with Crippen LogP contribution < -0.4 is 0 Å². The van der Waals surface area contributed by atoms with Crippen LogP contribution in [0.15, 0.2) is 53.9 Å². The Morgan fingerprint density at radius 1 is 1.18 bits per heavy atom. The molecule has 1 unspecified atom stereocenters. The van der Waals surface area contributed by atoms with Gasteiger partial charge in [0.25, 0.3) is 0 Å². The van der Waals surface area contributed by atoms with Gasteiger partial charge >= 0.3 is 0 Å². The molecule has 2 aromatic rings. The van der Waals surface area contributed by atoms with Crippen molar-refractivity contribution in [3.63, 3.8) is 0 Å². The van der Waals surface area contributed by atoms with Crippen LogP contribution in [0, 0.1) is 0 Å². The predicted molar refractivity (Wildman–Crippen MR) is 73.2 cm³/mol. The molecule has 0 amide bonds. The second kappa shape index (κ2) is 5.60. The van der Waals surface area contributed by atoms with E-state index in [-0.39, 0.29) is 11.7 Å². The third-order valence-electron chi connectivity index (χ3n) is 2.57. The fourth-order valence-electron chi connectivity index (χ4n) is 1.67. The van der Waals surface area contributed by atoms with Crippen LogP contribution in [0.3, 0.4) is 0 Å². The zero-order valence-electron chi connectivity index (χ0n) is 9.67. The Kier molecular flexibility index (Phi) is 3.89. The summed E-state index contributed by atoms with van der Waals surface area (Å²) in [7, 11) is 0. The minimum Gasteiger partial charge on any atom is -0.299 e. The molecule has 17 heavy (non-hydrogen) atoms. The number of benzene rings is 1. The van der Waals surface area contributed by atoms with Gasteiger partial charge < -0.3 is 0 Å². The largest absolute Gasteiger partial charge is 0.299 e. The number of thiophene rings is 1. The zero-order chi connectivity index (χ0) is 12.1. The lowest BCUT2D eigenvalue weighted by molar-refractivity contribution is -0.117. The normalized spacial score (nSPS) is 12.8. The monoisotopic (exact) mass is 242 g/mol. The molecule has 0 N–H and O–H groups in total. The average molecular weight is 242 g/mol. The molecule has 0 aliphatic rings. The molecule has 0 radical (unpaired) electrons. The van der Waals surface area contributed by atoms with Crippen molar-refractivity contribution >= 4 is 23.2 Å². The van der Waals surface area contributed by atoms with Crippen molar-refractivity contribution in [2.24, 2.45) is 0 Å². The van der Waals surface area contributed by atoms with E-state index in [1.54, 1.807) is 18.3 Å². The number of hydrogen-bond acceptors (Lipinski definition) is 2. The van der Waals surface area contributed by atoms with E-state index in [0.29, 0.717) is 0 Å². The van der Waals surface area contributed by atoms with Gasteiger partial charge in [0.1, 0.15) is 5.78 Å². The Morgan fingerprint density at radius 3 is 2.53 bits per heavy atom. The van der Waals surface area contributed by atoms with Gasteiger partial charge in [-0.25, -0.2) is 0 Å². The Hall–Kier alpha value is -1.67. The molecule has 0 saturated heterocycles. The standard InChI is InChI=1S/C15H14OS/c1-12(16)14(15-8-5-11-17-15)10-9-13-6-3-2-4-7-13/h2-11,14H,1H3. The molecule has 1 atom stereocenters. The van der Waals surface area contributed by atoms with E-state index in [0.717, 1.165) is 10.4 Å². The van der Waals surface area contributed by atoms with Crippen molar-refractivity contribution in [3.05, 3.63) is 64.4 Å². The topological polar surface area (TPSA) is 17.1 Å². The Labute approximate surface area is 105 Å². The zero-order valence-corrected chi connectivity index (χ0v) is 10.5. The summed E-state index contributed by atoms with van der Waals surface area (Å²) in [6, 6.07) is 14.0. The Morgan fingerprint density at radius 2 is 1.94 bits per heavy atom. The molecule has 86 valence electrons. The van der Waals surface area contributed by atoms with Gasteiger partial charge in [-0.2, -0.15) is 0 Å². The van der Waals surface area contributed by atoms with Crippen LogP contribution >= 0.6 is 11.3 Å². The molecule has 0 saturated carbocycles. The number of hydrogen-bond donors (Lipinski definition) is 0. The first-order chi connectivity index (χ1) is 8.27. The summed E-state index contributed by atoms with van der Waals surface area (Å²) in [5, 5.41) is 2.00. The second-order valence-electron chi connectivity index (χ2n) is 3.87. The maximum absolute atomic E-state index is 11.6. The molecule has 0 bridgehead atoms. The fourth-order valence-corrected chi connectivity index (χ4v) is 2.53. The molecular weight excluding hydrogens is 228 g/mol. The first-order valence-electron chi connectivity index (χ1n) is 5.54. The highest BCUT2D eigenvalue weighted by atomic mass is 32.1. The first-order valence-corrected chi connectivity index (χ1v) is 6.42. The van der Waals surface area contributed by atoms with Crippen LogP contribution in [0.2, 0.25) is 0 Å². The van der Waals surface area contributed by atoms with Crippen molar-refractivity contribution in [1.82, 2.24) is 0 Å². The minimum atomic E-state index is -0.116. The summed E-state index contributed by atoms with van der Waals surface area (Å²) in [5.74, 6) is 0.0647. The van der Waals surface area contributed by atoms with Gasteiger partial charge in [-0.15, -0.1) is 11.3 Å². The maximum Gasteiger partial charge on any atom is 0.141 e. The molecule has 2 heteroatoms. The molecule has 0 spiro atoms. The quantitative estimate of drug-likeness (QED) is 0.787. The highest BCUT2D eigenvalue weighted by Crippen LogP contribution is 2.24. The van der Waals surface area contributed by atoms with Crippen molar-refractivity contribution in [3.8, 4) is 0 Å². The smallest absolute Gasteiger partial charge is 0.141 e. The summed E-state index contributed by atoms with van der Waals surface area (Å²) in [5.41, 5.74) is 1.12. The van der Waals surface area contributed by atoms with Gasteiger partial charge in [-0.05, 0) is 23.9 Å². The van der Waals surface area contributed by atoms with Crippen LogP contribution in [0.25, 0.3) is 6.08 Å². The lowest BCUT2D eigenvalue weighted by Crippen LogP contribution is -2.03. The maximum atomic E-state index is 11.6. The predicted octanol–water partition coefficient (Wildman–Crippen LogP) is 4.13. The number of ketones is 1. The number of carbonyl (C=O) groups excluding carboxylic acids is 1. The van der Waals surface area contributed by atoms with E-state index in [1.807, 2.05) is 60.0 Å². The van der Waals surface area contributed by atoms with Gasteiger partial charge in [0.05, 0.1) is 5.92 Å². The van der Waals surface area contributed by atoms with E-state index < -0.39 is 0 Å². The summed E-state index contributed by atoms with van der Waals surface area (Å²) in [6.07, 6.45) is 3.98. The summed E-state index contributed by atoms with van der Waals surface area (Å²) < 4.78 is 0. The van der Waals surface area contributed by atoms with Crippen LogP contribution in [0.1, 0.15) is 23.3 Å². The molecule has 1 aromatic carbocycles. The molecular formula is C15H14OS. The van der Waals surface area contributed by atoms with Crippen LogP contribution in [0.5, 0.6) is 0 Å². The van der Waals surface area contributed by atoms with Crippen LogP contribution in [-0.2, 0) is 4.79 Å². The van der Waals surface area contributed by atoms with E-state index >= 15 is 0 Å². The van der Waals surface area contributed by atoms with Gasteiger partial charge in [0.15, 0.2) is 0 Å². The Bertz CT molecular complexity index is 497. The van der Waals surface area contributed by atoms with E-state index in [9.17, 15) is 4.79 Å². The van der Waals surface area contributed by atoms with E-state index in [1.165, 1.54) is 0 Å². The van der Waals surface area contributed by atoms with Crippen molar-refractivity contribution in [1.29, 1.82) is 0 Å². The van der Waals surface area contributed by atoms with Crippen molar-refractivity contribution < 1.29 is 4.79 Å². The van der Waals surface area contributed by atoms with Gasteiger partial charge in [0, 0.05) is 4.88 Å². The highest BCUT2D eigenvalue weighted by Gasteiger charge is 2.13. The molecule has 0 aliphatic carbocycles. The third kappa shape index (κ3) is 3.14. The fraction of sp³-hybridized carbons (Fsp3) is 0.133. The molecule has 2 rings (SSSR count). The SMILES string of the molecule is CC(=O)C(C=Cc1ccccc1)c1cccs1. The van der Waals surface area contributed by atoms with Crippen LogP contribution in [-0.4, -0.2) is 5.78 Å².